The summed E-state index contributed by atoms with van der Waals surface area (Å²) < 4.78 is 24.7. The normalized spacial score (nSPS) is 25.0. The fourth-order valence-corrected chi connectivity index (χ4v) is 3.38. The quantitative estimate of drug-likeness (QED) is 0.785. The summed E-state index contributed by atoms with van der Waals surface area (Å²) in [5, 5.41) is 0. The van der Waals surface area contributed by atoms with Gasteiger partial charge in [-0.25, -0.2) is 4.39 Å². The smallest absolute Gasteiger partial charge is 0.166 e. The Balaban J connectivity index is 1.76. The second-order valence-electron chi connectivity index (χ2n) is 6.16. The molecule has 0 aliphatic carbocycles. The lowest BCUT2D eigenvalue weighted by molar-refractivity contribution is -0.142. The van der Waals surface area contributed by atoms with Crippen LogP contribution in [-0.4, -0.2) is 31.2 Å². The van der Waals surface area contributed by atoms with Crippen LogP contribution in [0.4, 0.5) is 4.39 Å². The van der Waals surface area contributed by atoms with E-state index in [9.17, 15) is 9.18 Å². The van der Waals surface area contributed by atoms with E-state index in [-0.39, 0.29) is 23.1 Å². The average Bonchev–Trinajstić information content (AvgIpc) is 2.50. The molecule has 2 aliphatic rings. The van der Waals surface area contributed by atoms with Crippen LogP contribution in [0.15, 0.2) is 18.2 Å². The molecule has 4 heteroatoms. The maximum Gasteiger partial charge on any atom is 0.166 e. The largest absolute Gasteiger partial charge is 0.381 e. The molecule has 0 aromatic heterocycles. The highest BCUT2D eigenvalue weighted by Gasteiger charge is 2.41. The van der Waals surface area contributed by atoms with E-state index in [1.54, 1.807) is 19.1 Å². The van der Waals surface area contributed by atoms with Crippen molar-refractivity contribution in [3.8, 4) is 0 Å². The molecular formula is C17H21FO3. The van der Waals surface area contributed by atoms with Crippen LogP contribution >= 0.6 is 0 Å². The number of carbonyl (C=O) groups is 1. The van der Waals surface area contributed by atoms with E-state index in [0.717, 1.165) is 25.7 Å². The molecule has 0 amide bonds. The van der Waals surface area contributed by atoms with Crippen LogP contribution in [0.5, 0.6) is 0 Å². The van der Waals surface area contributed by atoms with Gasteiger partial charge in [-0.05, 0) is 56.4 Å². The van der Waals surface area contributed by atoms with Crippen molar-refractivity contribution in [2.24, 2.45) is 5.92 Å². The molecule has 0 saturated carbocycles. The summed E-state index contributed by atoms with van der Waals surface area (Å²) in [7, 11) is 0. The van der Waals surface area contributed by atoms with Gasteiger partial charge in [0.1, 0.15) is 5.82 Å². The van der Waals surface area contributed by atoms with Crippen LogP contribution in [-0.2, 0) is 9.47 Å². The predicted molar refractivity (Wildman–Crippen MR) is 76.9 cm³/mol. The Morgan fingerprint density at radius 1 is 1.29 bits per heavy atom. The molecule has 2 aliphatic heterocycles. The summed E-state index contributed by atoms with van der Waals surface area (Å²) in [5.74, 6) is -0.173. The molecule has 1 aromatic carbocycles. The van der Waals surface area contributed by atoms with E-state index >= 15 is 0 Å². The van der Waals surface area contributed by atoms with Crippen molar-refractivity contribution in [3.63, 3.8) is 0 Å². The van der Waals surface area contributed by atoms with Crippen molar-refractivity contribution in [2.75, 3.05) is 19.8 Å². The predicted octanol–water partition coefficient (Wildman–Crippen LogP) is 3.29. The highest BCUT2D eigenvalue weighted by molar-refractivity contribution is 5.98. The lowest BCUT2D eigenvalue weighted by atomic mass is 9.78. The molecule has 1 aromatic rings. The number of hydrogen-bond acceptors (Lipinski definition) is 3. The third-order valence-electron chi connectivity index (χ3n) is 4.71. The standard InChI is InChI=1S/C17H21FO3/c1-12-10-13(2-3-15(12)18)16(19)14-4-7-21-17(11-14)5-8-20-9-6-17/h2-3,10,14H,4-9,11H2,1H3. The van der Waals surface area contributed by atoms with Gasteiger partial charge in [0.15, 0.2) is 5.78 Å². The maximum atomic E-state index is 13.3. The molecule has 2 fully saturated rings. The molecule has 3 rings (SSSR count). The Kier molecular flexibility index (Phi) is 4.09. The number of halogens is 1. The second-order valence-corrected chi connectivity index (χ2v) is 6.16. The third-order valence-corrected chi connectivity index (χ3v) is 4.71. The Hall–Kier alpha value is -1.26. The topological polar surface area (TPSA) is 35.5 Å². The van der Waals surface area contributed by atoms with Gasteiger partial charge in [-0.15, -0.1) is 0 Å². The third kappa shape index (κ3) is 3.01. The van der Waals surface area contributed by atoms with Gasteiger partial charge in [0, 0.05) is 31.3 Å². The number of benzene rings is 1. The summed E-state index contributed by atoms with van der Waals surface area (Å²) in [5.41, 5.74) is 0.947. The number of carbonyl (C=O) groups excluding carboxylic acids is 1. The summed E-state index contributed by atoms with van der Waals surface area (Å²) in [6, 6.07) is 4.63. The number of ether oxygens (including phenoxy) is 2. The van der Waals surface area contributed by atoms with Crippen molar-refractivity contribution in [2.45, 2.75) is 38.2 Å². The molecule has 3 nitrogen and oxygen atoms in total. The molecular weight excluding hydrogens is 271 g/mol. The van der Waals surface area contributed by atoms with Crippen molar-refractivity contribution >= 4 is 5.78 Å². The van der Waals surface area contributed by atoms with Crippen LogP contribution in [0.3, 0.4) is 0 Å². The Morgan fingerprint density at radius 3 is 2.76 bits per heavy atom. The highest BCUT2D eigenvalue weighted by atomic mass is 19.1. The number of rotatable bonds is 2. The Labute approximate surface area is 124 Å². The van der Waals surface area contributed by atoms with Gasteiger partial charge in [-0.3, -0.25) is 4.79 Å². The van der Waals surface area contributed by atoms with E-state index in [4.69, 9.17) is 9.47 Å². The number of Topliss-reactive ketones (excluding diaryl/α,β-unsaturated/α-hetero) is 1. The fourth-order valence-electron chi connectivity index (χ4n) is 3.38. The minimum Gasteiger partial charge on any atom is -0.381 e. The molecule has 2 heterocycles. The first-order chi connectivity index (χ1) is 10.1. The van der Waals surface area contributed by atoms with E-state index in [2.05, 4.69) is 0 Å². The van der Waals surface area contributed by atoms with Gasteiger partial charge < -0.3 is 9.47 Å². The molecule has 1 spiro atoms. The molecule has 0 bridgehead atoms. The van der Waals surface area contributed by atoms with Gasteiger partial charge >= 0.3 is 0 Å². The lowest BCUT2D eigenvalue weighted by Gasteiger charge is -2.42. The second kappa shape index (κ2) is 5.85. The average molecular weight is 292 g/mol. The first-order valence-electron chi connectivity index (χ1n) is 7.62. The summed E-state index contributed by atoms with van der Waals surface area (Å²) in [6.07, 6.45) is 3.22. The van der Waals surface area contributed by atoms with Gasteiger partial charge in [0.25, 0.3) is 0 Å². The van der Waals surface area contributed by atoms with Crippen molar-refractivity contribution in [3.05, 3.63) is 35.1 Å². The fraction of sp³-hybridized carbons (Fsp3) is 0.588. The van der Waals surface area contributed by atoms with Crippen molar-refractivity contribution < 1.29 is 18.7 Å². The minimum atomic E-state index is -0.264. The molecule has 0 radical (unpaired) electrons. The maximum absolute atomic E-state index is 13.3. The number of aryl methyl sites for hydroxylation is 1. The lowest BCUT2D eigenvalue weighted by Crippen LogP contribution is -2.45. The summed E-state index contributed by atoms with van der Waals surface area (Å²) >= 11 is 0. The minimum absolute atomic E-state index is 0.0262. The Morgan fingerprint density at radius 2 is 2.05 bits per heavy atom. The van der Waals surface area contributed by atoms with Crippen LogP contribution in [0.1, 0.15) is 41.6 Å². The van der Waals surface area contributed by atoms with Crippen LogP contribution in [0.2, 0.25) is 0 Å². The van der Waals surface area contributed by atoms with Crippen molar-refractivity contribution in [1.82, 2.24) is 0 Å². The van der Waals surface area contributed by atoms with Crippen molar-refractivity contribution in [1.29, 1.82) is 0 Å². The van der Waals surface area contributed by atoms with Crippen LogP contribution in [0.25, 0.3) is 0 Å². The first-order valence-corrected chi connectivity index (χ1v) is 7.62. The van der Waals surface area contributed by atoms with Gasteiger partial charge in [0.05, 0.1) is 5.60 Å². The first kappa shape index (κ1) is 14.7. The molecule has 1 atom stereocenters. The van der Waals surface area contributed by atoms with E-state index < -0.39 is 0 Å². The van der Waals surface area contributed by atoms with E-state index in [0.29, 0.717) is 30.9 Å². The van der Waals surface area contributed by atoms with Crippen LogP contribution in [0, 0.1) is 18.7 Å². The molecule has 21 heavy (non-hydrogen) atoms. The van der Waals surface area contributed by atoms with E-state index in [1.165, 1.54) is 6.07 Å². The van der Waals surface area contributed by atoms with Gasteiger partial charge in [0.2, 0.25) is 0 Å². The zero-order valence-electron chi connectivity index (χ0n) is 12.4. The summed E-state index contributed by atoms with van der Waals surface area (Å²) in [4.78, 5) is 12.7. The van der Waals surface area contributed by atoms with E-state index in [1.807, 2.05) is 0 Å². The number of hydrogen-bond donors (Lipinski definition) is 0. The molecule has 1 unspecified atom stereocenters. The zero-order chi connectivity index (χ0) is 14.9. The molecule has 2 saturated heterocycles. The number of ketones is 1. The van der Waals surface area contributed by atoms with Crippen LogP contribution < -0.4 is 0 Å². The van der Waals surface area contributed by atoms with Gasteiger partial charge in [-0.2, -0.15) is 0 Å². The Bertz CT molecular complexity index is 529. The molecule has 114 valence electrons. The highest BCUT2D eigenvalue weighted by Crippen LogP contribution is 2.38. The SMILES string of the molecule is Cc1cc(C(=O)C2CCOC3(CCOCC3)C2)ccc1F. The van der Waals surface area contributed by atoms with Gasteiger partial charge in [-0.1, -0.05) is 0 Å². The molecule has 0 N–H and O–H groups in total. The monoisotopic (exact) mass is 292 g/mol. The zero-order valence-corrected chi connectivity index (χ0v) is 12.4. The summed E-state index contributed by atoms with van der Waals surface area (Å²) in [6.45, 7) is 3.72.